The Balaban J connectivity index is 1.37. The number of H-pyrrole nitrogens is 2. The van der Waals surface area contributed by atoms with E-state index in [1.54, 1.807) is 36.4 Å². The highest BCUT2D eigenvalue weighted by Crippen LogP contribution is 2.36. The Morgan fingerprint density at radius 2 is 1.07 bits per heavy atom. The number of hydrogen-bond donors (Lipinski definition) is 6. The Labute approximate surface area is 170 Å². The number of benzene rings is 2. The van der Waals surface area contributed by atoms with Crippen molar-refractivity contribution in [2.45, 2.75) is 25.3 Å². The molecule has 6 N–H and O–H groups in total. The van der Waals surface area contributed by atoms with Gasteiger partial charge in [-0.3, -0.25) is 0 Å². The van der Waals surface area contributed by atoms with Crippen molar-refractivity contribution in [1.82, 2.24) is 9.97 Å². The van der Waals surface area contributed by atoms with E-state index in [0.717, 1.165) is 0 Å². The largest absolute Gasteiger partial charge is 0.493 e. The predicted molar refractivity (Wildman–Crippen MR) is 110 cm³/mol. The van der Waals surface area contributed by atoms with Crippen molar-refractivity contribution in [2.24, 2.45) is 20.5 Å². The average Bonchev–Trinajstić information content (AvgIpc) is 3.24. The maximum absolute atomic E-state index is 10.0. The number of hydrogen-bond acceptors (Lipinski definition) is 8. The zero-order valence-electron chi connectivity index (χ0n) is 15.8. The fourth-order valence-corrected chi connectivity index (χ4v) is 3.09. The lowest BCUT2D eigenvalue weighted by Gasteiger charge is -2.06. The molecule has 2 aromatic heterocycles. The van der Waals surface area contributed by atoms with Gasteiger partial charge in [-0.2, -0.15) is 10.2 Å². The molecule has 154 valence electrons. The number of aromatic hydroxyl groups is 2. The van der Waals surface area contributed by atoms with E-state index in [2.05, 4.69) is 30.4 Å². The first-order valence-electron chi connectivity index (χ1n) is 9.30. The van der Waals surface area contributed by atoms with E-state index in [1.807, 2.05) is 12.1 Å². The van der Waals surface area contributed by atoms with Crippen molar-refractivity contribution in [3.8, 4) is 11.8 Å². The number of para-hydroxylation sites is 2. The predicted octanol–water partition coefficient (Wildman–Crippen LogP) is 4.35. The van der Waals surface area contributed by atoms with E-state index in [-0.39, 0.29) is 36.0 Å². The van der Waals surface area contributed by atoms with Crippen LogP contribution in [-0.4, -0.2) is 42.8 Å². The maximum atomic E-state index is 10.0. The molecule has 10 heteroatoms. The molecule has 0 saturated heterocycles. The van der Waals surface area contributed by atoms with Gasteiger partial charge in [-0.25, -0.2) is 0 Å². The lowest BCUT2D eigenvalue weighted by atomic mass is 10.2. The minimum absolute atomic E-state index is 0.0761. The van der Waals surface area contributed by atoms with Crippen LogP contribution in [0.3, 0.4) is 0 Å². The molecule has 0 radical (unpaired) electrons. The average molecular weight is 408 g/mol. The van der Waals surface area contributed by atoms with Crippen molar-refractivity contribution in [3.63, 3.8) is 0 Å². The molecule has 4 aromatic rings. The molecule has 0 bridgehead atoms. The fraction of sp³-hybridized carbons (Fsp3) is 0.200. The number of azo groups is 2. The molecule has 2 atom stereocenters. The minimum Gasteiger partial charge on any atom is -0.493 e. The number of aromatic nitrogens is 2. The van der Waals surface area contributed by atoms with Crippen LogP contribution in [0.15, 0.2) is 69.0 Å². The van der Waals surface area contributed by atoms with Gasteiger partial charge in [-0.15, -0.1) is 10.2 Å². The first-order valence-corrected chi connectivity index (χ1v) is 9.30. The van der Waals surface area contributed by atoms with Gasteiger partial charge in [-0.05, 0) is 25.0 Å². The number of aromatic amines is 2. The second-order valence-corrected chi connectivity index (χ2v) is 6.71. The van der Waals surface area contributed by atoms with Crippen LogP contribution in [0.25, 0.3) is 21.8 Å². The first-order chi connectivity index (χ1) is 14.5. The third-order valence-corrected chi connectivity index (χ3v) is 4.58. The van der Waals surface area contributed by atoms with E-state index >= 15 is 0 Å². The van der Waals surface area contributed by atoms with E-state index < -0.39 is 12.5 Å². The van der Waals surface area contributed by atoms with Gasteiger partial charge >= 0.3 is 0 Å². The Bertz CT molecular complexity index is 1130. The summed E-state index contributed by atoms with van der Waals surface area (Å²) in [6, 6.07) is 14.4. The highest BCUT2D eigenvalue weighted by molar-refractivity contribution is 5.94. The lowest BCUT2D eigenvalue weighted by molar-refractivity contribution is 0.116. The zero-order chi connectivity index (χ0) is 21.1. The van der Waals surface area contributed by atoms with Crippen molar-refractivity contribution in [2.75, 3.05) is 0 Å². The molecular weight excluding hydrogens is 388 g/mol. The number of aliphatic hydroxyl groups excluding tert-OH is 2. The van der Waals surface area contributed by atoms with Crippen molar-refractivity contribution < 1.29 is 20.4 Å². The Kier molecular flexibility index (Phi) is 5.42. The van der Waals surface area contributed by atoms with Crippen molar-refractivity contribution in [1.29, 1.82) is 0 Å². The summed E-state index contributed by atoms with van der Waals surface area (Å²) in [5.41, 5.74) is 1.88. The van der Waals surface area contributed by atoms with Crippen LogP contribution in [0.2, 0.25) is 0 Å². The van der Waals surface area contributed by atoms with Crippen LogP contribution in [0.5, 0.6) is 11.8 Å². The van der Waals surface area contributed by atoms with E-state index in [1.165, 1.54) is 0 Å². The van der Waals surface area contributed by atoms with Crippen LogP contribution in [0, 0.1) is 0 Å². The minimum atomic E-state index is -1.19. The first kappa shape index (κ1) is 19.6. The second kappa shape index (κ2) is 8.31. The van der Waals surface area contributed by atoms with Gasteiger partial charge in [0.15, 0.2) is 23.8 Å². The van der Waals surface area contributed by atoms with Gasteiger partial charge in [0.2, 0.25) is 11.8 Å². The fourth-order valence-electron chi connectivity index (χ4n) is 3.09. The van der Waals surface area contributed by atoms with Gasteiger partial charge in [0, 0.05) is 10.8 Å². The summed E-state index contributed by atoms with van der Waals surface area (Å²) in [5, 5.41) is 56.7. The number of fused-ring (bicyclic) bond motifs is 2. The molecule has 4 rings (SSSR count). The third kappa shape index (κ3) is 4.00. The van der Waals surface area contributed by atoms with Gasteiger partial charge in [0.25, 0.3) is 0 Å². The molecule has 0 saturated carbocycles. The summed E-state index contributed by atoms with van der Waals surface area (Å²) >= 11 is 0. The van der Waals surface area contributed by atoms with E-state index in [4.69, 9.17) is 0 Å². The summed E-state index contributed by atoms with van der Waals surface area (Å²) in [7, 11) is 0. The topological polar surface area (TPSA) is 162 Å². The maximum Gasteiger partial charge on any atom is 0.218 e. The highest BCUT2D eigenvalue weighted by Gasteiger charge is 2.13. The molecule has 0 aliphatic carbocycles. The van der Waals surface area contributed by atoms with E-state index in [0.29, 0.717) is 21.8 Å². The molecule has 30 heavy (non-hydrogen) atoms. The smallest absolute Gasteiger partial charge is 0.218 e. The standard InChI is InChI=1S/C20H20N6O4/c27-15(23-25-17-11-5-1-3-7-13(11)21-19(17)29)9-10-16(28)24-26-18-12-6-2-4-8-14(12)22-20(18)30/h1-8,15-16,21-22,27-30H,9-10H2. The van der Waals surface area contributed by atoms with Crippen LogP contribution < -0.4 is 0 Å². The molecule has 2 unspecified atom stereocenters. The van der Waals surface area contributed by atoms with E-state index in [9.17, 15) is 20.4 Å². The molecule has 0 spiro atoms. The lowest BCUT2D eigenvalue weighted by Crippen LogP contribution is -2.08. The summed E-state index contributed by atoms with van der Waals surface area (Å²) in [4.78, 5) is 5.56. The molecule has 0 amide bonds. The Morgan fingerprint density at radius 3 is 1.50 bits per heavy atom. The quantitative estimate of drug-likeness (QED) is 0.251. The Hall–Kier alpha value is -3.76. The highest BCUT2D eigenvalue weighted by atomic mass is 16.3. The summed E-state index contributed by atoms with van der Waals surface area (Å²) < 4.78 is 0. The van der Waals surface area contributed by atoms with Crippen molar-refractivity contribution in [3.05, 3.63) is 48.5 Å². The number of nitrogens with one attached hydrogen (secondary N) is 2. The number of aliphatic hydroxyl groups is 2. The summed E-state index contributed by atoms with van der Waals surface area (Å²) in [5.74, 6) is -0.279. The zero-order valence-corrected chi connectivity index (χ0v) is 15.8. The Morgan fingerprint density at radius 1 is 0.667 bits per heavy atom. The molecule has 2 heterocycles. The molecule has 2 aromatic carbocycles. The monoisotopic (exact) mass is 408 g/mol. The van der Waals surface area contributed by atoms with Gasteiger partial charge in [0.1, 0.15) is 0 Å². The third-order valence-electron chi connectivity index (χ3n) is 4.58. The van der Waals surface area contributed by atoms with Crippen molar-refractivity contribution >= 4 is 33.2 Å². The van der Waals surface area contributed by atoms with Crippen LogP contribution in [0.4, 0.5) is 11.4 Å². The van der Waals surface area contributed by atoms with Crippen LogP contribution >= 0.6 is 0 Å². The molecule has 0 aliphatic heterocycles. The number of rotatable bonds is 7. The molecule has 0 fully saturated rings. The van der Waals surface area contributed by atoms with Gasteiger partial charge < -0.3 is 30.4 Å². The second-order valence-electron chi connectivity index (χ2n) is 6.71. The number of nitrogens with zero attached hydrogens (tertiary/aromatic N) is 4. The van der Waals surface area contributed by atoms with Crippen LogP contribution in [0.1, 0.15) is 12.8 Å². The molecular formula is C20H20N6O4. The summed E-state index contributed by atoms with van der Waals surface area (Å²) in [6.07, 6.45) is -2.23. The molecule has 10 nitrogen and oxygen atoms in total. The van der Waals surface area contributed by atoms with Gasteiger partial charge in [0.05, 0.1) is 11.0 Å². The van der Waals surface area contributed by atoms with Crippen LogP contribution in [-0.2, 0) is 0 Å². The summed E-state index contributed by atoms with van der Waals surface area (Å²) in [6.45, 7) is 0. The molecule has 0 aliphatic rings. The SMILES string of the molecule is Oc1[nH]c2ccccc2c1N=NC(O)CCC(O)N=Nc1c(O)[nH]c2ccccc12. The van der Waals surface area contributed by atoms with Gasteiger partial charge in [-0.1, -0.05) is 36.4 Å². The normalized spacial score (nSPS) is 14.3.